The topological polar surface area (TPSA) is 52.6 Å². The molecule has 4 rings (SSSR count). The summed E-state index contributed by atoms with van der Waals surface area (Å²) < 4.78 is 0.835. The van der Waals surface area contributed by atoms with Crippen molar-refractivity contribution in [2.24, 2.45) is 0 Å². The van der Waals surface area contributed by atoms with Gasteiger partial charge in [-0.1, -0.05) is 19.1 Å². The zero-order chi connectivity index (χ0) is 19.7. The molecule has 1 aromatic heterocycles. The van der Waals surface area contributed by atoms with Crippen LogP contribution in [0.5, 0.6) is 0 Å². The van der Waals surface area contributed by atoms with Gasteiger partial charge in [-0.2, -0.15) is 0 Å². The lowest BCUT2D eigenvalue weighted by Gasteiger charge is -2.37. The second-order valence-corrected chi connectivity index (χ2v) is 8.25. The fraction of sp³-hybridized carbons (Fsp3) is 0.476. The number of likely N-dealkylation sites (N-methyl/N-ethyl adjacent to an activating group) is 1. The zero-order valence-corrected chi connectivity index (χ0v) is 18.1. The number of piperazine rings is 1. The highest BCUT2D eigenvalue weighted by atomic mass is 79.9. The molecule has 0 atom stereocenters. The van der Waals surface area contributed by atoms with E-state index >= 15 is 0 Å². The van der Waals surface area contributed by atoms with Crippen LogP contribution in [0.1, 0.15) is 34.4 Å². The molecule has 2 aliphatic heterocycles. The summed E-state index contributed by atoms with van der Waals surface area (Å²) in [5.41, 5.74) is 2.91. The third-order valence-corrected chi connectivity index (χ3v) is 6.35. The van der Waals surface area contributed by atoms with E-state index in [2.05, 4.69) is 37.6 Å². The number of carbonyl (C=O) groups excluding carboxylic acids is 1. The van der Waals surface area contributed by atoms with Gasteiger partial charge in [-0.05, 0) is 41.5 Å². The van der Waals surface area contributed by atoms with Gasteiger partial charge in [0.1, 0.15) is 11.6 Å². The first-order valence-corrected chi connectivity index (χ1v) is 10.7. The molecule has 3 heterocycles. The minimum atomic E-state index is 0.0560. The van der Waals surface area contributed by atoms with Gasteiger partial charge >= 0.3 is 0 Å². The third-order valence-electron chi connectivity index (χ3n) is 5.66. The highest BCUT2D eigenvalue weighted by molar-refractivity contribution is 9.10. The van der Waals surface area contributed by atoms with Crippen molar-refractivity contribution < 1.29 is 4.79 Å². The molecule has 2 aliphatic rings. The number of benzene rings is 1. The normalized spacial score (nSPS) is 17.5. The van der Waals surface area contributed by atoms with Crippen molar-refractivity contribution in [1.29, 1.82) is 0 Å². The maximum Gasteiger partial charge on any atom is 0.255 e. The third kappa shape index (κ3) is 3.78. The first-order chi connectivity index (χ1) is 13.6. The van der Waals surface area contributed by atoms with Gasteiger partial charge in [0.15, 0.2) is 0 Å². The molecule has 1 amide bonds. The first-order valence-electron chi connectivity index (χ1n) is 9.94. The van der Waals surface area contributed by atoms with Gasteiger partial charge in [0, 0.05) is 49.2 Å². The van der Waals surface area contributed by atoms with E-state index in [4.69, 9.17) is 4.98 Å². The molecule has 6 nitrogen and oxygen atoms in total. The Morgan fingerprint density at radius 2 is 1.86 bits per heavy atom. The summed E-state index contributed by atoms with van der Waals surface area (Å²) in [6.07, 6.45) is 0.775. The summed E-state index contributed by atoms with van der Waals surface area (Å²) in [6.45, 7) is 10.5. The Labute approximate surface area is 174 Å². The number of hydrogen-bond donors (Lipinski definition) is 0. The summed E-state index contributed by atoms with van der Waals surface area (Å²) in [5.74, 6) is 1.89. The van der Waals surface area contributed by atoms with E-state index in [1.54, 1.807) is 0 Å². The van der Waals surface area contributed by atoms with Crippen molar-refractivity contribution in [2.45, 2.75) is 26.8 Å². The molecule has 0 saturated carbocycles. The predicted octanol–water partition coefficient (Wildman–Crippen LogP) is 2.89. The van der Waals surface area contributed by atoms with E-state index in [1.807, 2.05) is 36.1 Å². The summed E-state index contributed by atoms with van der Waals surface area (Å²) in [4.78, 5) is 29.3. The number of anilines is 1. The number of rotatable bonds is 3. The molecule has 2 aromatic rings. The maximum absolute atomic E-state index is 13.1. The number of fused-ring (bicyclic) bond motifs is 1. The van der Waals surface area contributed by atoms with Crippen LogP contribution in [0.15, 0.2) is 28.7 Å². The second kappa shape index (κ2) is 8.17. The Bertz CT molecular complexity index is 879. The number of aryl methyl sites for hydroxylation is 1. The molecule has 0 radical (unpaired) electrons. The van der Waals surface area contributed by atoms with Crippen molar-refractivity contribution >= 4 is 27.7 Å². The van der Waals surface area contributed by atoms with Crippen LogP contribution in [0, 0.1) is 6.92 Å². The molecule has 28 heavy (non-hydrogen) atoms. The van der Waals surface area contributed by atoms with Crippen LogP contribution in [0.3, 0.4) is 0 Å². The molecule has 1 fully saturated rings. The van der Waals surface area contributed by atoms with E-state index in [0.717, 1.165) is 66.5 Å². The number of amides is 1. The minimum absolute atomic E-state index is 0.0560. The summed E-state index contributed by atoms with van der Waals surface area (Å²) in [7, 11) is 0. The van der Waals surface area contributed by atoms with Crippen LogP contribution in [0.25, 0.3) is 0 Å². The molecular formula is C21H26BrN5O. The molecular weight excluding hydrogens is 418 g/mol. The number of aromatic nitrogens is 2. The molecule has 0 unspecified atom stereocenters. The van der Waals surface area contributed by atoms with E-state index in [0.29, 0.717) is 18.7 Å². The van der Waals surface area contributed by atoms with Crippen LogP contribution >= 0.6 is 15.9 Å². The number of halogens is 1. The minimum Gasteiger partial charge on any atom is -0.354 e. The van der Waals surface area contributed by atoms with Gasteiger partial charge in [0.05, 0.1) is 17.8 Å². The zero-order valence-electron chi connectivity index (χ0n) is 16.5. The molecule has 7 heteroatoms. The fourth-order valence-electron chi connectivity index (χ4n) is 4.03. The van der Waals surface area contributed by atoms with Crippen molar-refractivity contribution in [3.8, 4) is 0 Å². The lowest BCUT2D eigenvalue weighted by Crippen LogP contribution is -2.47. The average Bonchev–Trinajstić information content (AvgIpc) is 2.73. The molecule has 1 saturated heterocycles. The van der Waals surface area contributed by atoms with Gasteiger partial charge in [0.25, 0.3) is 5.91 Å². The maximum atomic E-state index is 13.1. The average molecular weight is 444 g/mol. The van der Waals surface area contributed by atoms with E-state index < -0.39 is 0 Å². The lowest BCUT2D eigenvalue weighted by atomic mass is 10.0. The molecule has 0 spiro atoms. The molecule has 148 valence electrons. The quantitative estimate of drug-likeness (QED) is 0.729. The number of carbonyl (C=O) groups is 1. The van der Waals surface area contributed by atoms with Gasteiger partial charge in [-0.3, -0.25) is 4.79 Å². The van der Waals surface area contributed by atoms with Crippen LogP contribution in [-0.2, 0) is 13.0 Å². The number of nitrogens with zero attached hydrogens (tertiary/aromatic N) is 5. The summed E-state index contributed by atoms with van der Waals surface area (Å²) in [5, 5.41) is 0. The summed E-state index contributed by atoms with van der Waals surface area (Å²) in [6, 6.07) is 7.62. The second-order valence-electron chi connectivity index (χ2n) is 7.40. The van der Waals surface area contributed by atoms with Crippen molar-refractivity contribution in [2.75, 3.05) is 44.2 Å². The van der Waals surface area contributed by atoms with E-state index in [-0.39, 0.29) is 5.91 Å². The molecule has 1 aromatic carbocycles. The van der Waals surface area contributed by atoms with Crippen LogP contribution in [0.4, 0.5) is 5.82 Å². The largest absolute Gasteiger partial charge is 0.354 e. The molecule has 0 bridgehead atoms. The van der Waals surface area contributed by atoms with Crippen LogP contribution in [-0.4, -0.2) is 64.9 Å². The molecule has 0 N–H and O–H groups in total. The van der Waals surface area contributed by atoms with Gasteiger partial charge < -0.3 is 14.7 Å². The Hall–Kier alpha value is -1.99. The highest BCUT2D eigenvalue weighted by Gasteiger charge is 2.29. The SMILES string of the molecule is CCN1CCN(c2nc(C)nc3c2CN(C(=O)c2ccccc2Br)CC3)CC1. The fourth-order valence-corrected chi connectivity index (χ4v) is 4.49. The predicted molar refractivity (Wildman–Crippen MR) is 114 cm³/mol. The number of hydrogen-bond acceptors (Lipinski definition) is 5. The smallest absolute Gasteiger partial charge is 0.255 e. The van der Waals surface area contributed by atoms with Gasteiger partial charge in [0.2, 0.25) is 0 Å². The lowest BCUT2D eigenvalue weighted by molar-refractivity contribution is 0.0732. The Morgan fingerprint density at radius 1 is 1.11 bits per heavy atom. The van der Waals surface area contributed by atoms with Crippen LogP contribution in [0.2, 0.25) is 0 Å². The van der Waals surface area contributed by atoms with Gasteiger partial charge in [-0.25, -0.2) is 9.97 Å². The highest BCUT2D eigenvalue weighted by Crippen LogP contribution is 2.29. The standard InChI is InChI=1S/C21H26BrN5O/c1-3-25-10-12-26(13-11-25)20-17-14-27(9-8-19(17)23-15(2)24-20)21(28)16-6-4-5-7-18(16)22/h4-7H,3,8-14H2,1-2H3. The van der Waals surface area contributed by atoms with Crippen molar-refractivity contribution in [3.63, 3.8) is 0 Å². The van der Waals surface area contributed by atoms with Gasteiger partial charge in [-0.15, -0.1) is 0 Å². The Kier molecular flexibility index (Phi) is 5.64. The Morgan fingerprint density at radius 3 is 2.57 bits per heavy atom. The van der Waals surface area contributed by atoms with E-state index in [1.165, 1.54) is 0 Å². The van der Waals surface area contributed by atoms with Crippen molar-refractivity contribution in [1.82, 2.24) is 19.8 Å². The van der Waals surface area contributed by atoms with Crippen LogP contribution < -0.4 is 4.90 Å². The molecule has 0 aliphatic carbocycles. The van der Waals surface area contributed by atoms with E-state index in [9.17, 15) is 4.79 Å². The monoisotopic (exact) mass is 443 g/mol. The first kappa shape index (κ1) is 19.3. The van der Waals surface area contributed by atoms with Crippen molar-refractivity contribution in [3.05, 3.63) is 51.4 Å². The summed E-state index contributed by atoms with van der Waals surface area (Å²) >= 11 is 3.51. The Balaban J connectivity index is 1.61.